The fraction of sp³-hybridized carbons (Fsp3) is 0.444. The summed E-state index contributed by atoms with van der Waals surface area (Å²) in [6.45, 7) is 3.88. The van der Waals surface area contributed by atoms with E-state index in [1.807, 2.05) is 27.1 Å². The van der Waals surface area contributed by atoms with Crippen molar-refractivity contribution in [1.82, 2.24) is 9.88 Å². The monoisotopic (exact) mass is 244 g/mol. The Balaban J connectivity index is 2.82. The van der Waals surface area contributed by atoms with Crippen LogP contribution >= 0.6 is 15.9 Å². The van der Waals surface area contributed by atoms with Crippen LogP contribution in [0, 0.1) is 0 Å². The van der Waals surface area contributed by atoms with Gasteiger partial charge in [0.15, 0.2) is 0 Å². The highest BCUT2D eigenvalue weighted by Crippen LogP contribution is 2.13. The maximum atomic E-state index is 11.5. The zero-order valence-electron chi connectivity index (χ0n) is 7.97. The molecule has 3 nitrogen and oxygen atoms in total. The lowest BCUT2D eigenvalue weighted by atomic mass is 10.3. The lowest BCUT2D eigenvalue weighted by Gasteiger charge is -2.08. The summed E-state index contributed by atoms with van der Waals surface area (Å²) in [5.41, 5.74) is 0.667. The minimum absolute atomic E-state index is 0.0387. The van der Waals surface area contributed by atoms with Crippen molar-refractivity contribution in [3.05, 3.63) is 22.4 Å². The Kier molecular flexibility index (Phi) is 3.14. The van der Waals surface area contributed by atoms with Gasteiger partial charge < -0.3 is 9.88 Å². The van der Waals surface area contributed by atoms with E-state index < -0.39 is 0 Å². The zero-order chi connectivity index (χ0) is 10.0. The molecule has 0 fully saturated rings. The molecule has 0 spiro atoms. The van der Waals surface area contributed by atoms with Crippen LogP contribution in [0.15, 0.2) is 16.7 Å². The fourth-order valence-electron chi connectivity index (χ4n) is 1.09. The van der Waals surface area contributed by atoms with E-state index in [0.29, 0.717) is 5.69 Å². The molecular formula is C9H13BrN2O. The number of carbonyl (C=O) groups excluding carboxylic acids is 1. The Morgan fingerprint density at radius 1 is 1.62 bits per heavy atom. The van der Waals surface area contributed by atoms with Gasteiger partial charge in [-0.15, -0.1) is 0 Å². The molecular weight excluding hydrogens is 232 g/mol. The first-order valence-corrected chi connectivity index (χ1v) is 4.92. The van der Waals surface area contributed by atoms with E-state index in [1.165, 1.54) is 0 Å². The lowest BCUT2D eigenvalue weighted by molar-refractivity contribution is 0.0935. The second-order valence-electron chi connectivity index (χ2n) is 3.28. The summed E-state index contributed by atoms with van der Waals surface area (Å²) in [6.07, 6.45) is 1.86. The predicted octanol–water partition coefficient (Wildman–Crippen LogP) is 1.93. The van der Waals surface area contributed by atoms with Gasteiger partial charge in [0.05, 0.1) is 0 Å². The molecule has 0 aliphatic carbocycles. The van der Waals surface area contributed by atoms with Gasteiger partial charge in [-0.1, -0.05) is 0 Å². The van der Waals surface area contributed by atoms with Crippen molar-refractivity contribution in [3.8, 4) is 0 Å². The first-order valence-electron chi connectivity index (χ1n) is 4.13. The van der Waals surface area contributed by atoms with Gasteiger partial charge >= 0.3 is 0 Å². The molecule has 0 atom stereocenters. The molecule has 1 amide bonds. The molecule has 0 aliphatic heterocycles. The molecule has 0 unspecified atom stereocenters. The summed E-state index contributed by atoms with van der Waals surface area (Å²) >= 11 is 3.32. The van der Waals surface area contributed by atoms with Crippen molar-refractivity contribution in [2.75, 3.05) is 0 Å². The van der Waals surface area contributed by atoms with Crippen LogP contribution in [0.5, 0.6) is 0 Å². The third-order valence-electron chi connectivity index (χ3n) is 1.62. The average molecular weight is 245 g/mol. The van der Waals surface area contributed by atoms with Crippen molar-refractivity contribution in [1.29, 1.82) is 0 Å². The van der Waals surface area contributed by atoms with Crippen molar-refractivity contribution < 1.29 is 4.79 Å². The molecule has 1 aromatic heterocycles. The SMILES string of the molecule is CC(C)NC(=O)c1cc(Br)cn1C. The highest BCUT2D eigenvalue weighted by Gasteiger charge is 2.11. The van der Waals surface area contributed by atoms with E-state index in [2.05, 4.69) is 21.2 Å². The lowest BCUT2D eigenvalue weighted by Crippen LogP contribution is -2.31. The maximum absolute atomic E-state index is 11.5. The van der Waals surface area contributed by atoms with Crippen LogP contribution < -0.4 is 5.32 Å². The van der Waals surface area contributed by atoms with E-state index in [1.54, 1.807) is 10.6 Å². The molecule has 1 heterocycles. The molecule has 13 heavy (non-hydrogen) atoms. The molecule has 0 aromatic carbocycles. The smallest absolute Gasteiger partial charge is 0.268 e. The Bertz CT molecular complexity index is 317. The summed E-state index contributed by atoms with van der Waals surface area (Å²) in [4.78, 5) is 11.5. The van der Waals surface area contributed by atoms with E-state index in [0.717, 1.165) is 4.47 Å². The van der Waals surface area contributed by atoms with Crippen molar-refractivity contribution in [2.24, 2.45) is 7.05 Å². The number of aryl methyl sites for hydroxylation is 1. The predicted molar refractivity (Wildman–Crippen MR) is 55.7 cm³/mol. The maximum Gasteiger partial charge on any atom is 0.268 e. The molecule has 0 aliphatic rings. The zero-order valence-corrected chi connectivity index (χ0v) is 9.55. The normalized spacial score (nSPS) is 10.5. The Labute approximate surface area is 86.3 Å². The highest BCUT2D eigenvalue weighted by molar-refractivity contribution is 9.10. The second-order valence-corrected chi connectivity index (χ2v) is 4.20. The van der Waals surface area contributed by atoms with Crippen molar-refractivity contribution >= 4 is 21.8 Å². The number of amides is 1. The Morgan fingerprint density at radius 2 is 2.23 bits per heavy atom. The average Bonchev–Trinajstić information content (AvgIpc) is 2.28. The number of carbonyl (C=O) groups is 1. The van der Waals surface area contributed by atoms with Crippen LogP contribution in [0.25, 0.3) is 0 Å². The van der Waals surface area contributed by atoms with Crippen molar-refractivity contribution in [2.45, 2.75) is 19.9 Å². The van der Waals surface area contributed by atoms with E-state index in [4.69, 9.17) is 0 Å². The number of halogens is 1. The number of hydrogen-bond donors (Lipinski definition) is 1. The standard InChI is InChI=1S/C9H13BrN2O/c1-6(2)11-9(13)8-4-7(10)5-12(8)3/h4-6H,1-3H3,(H,11,13). The number of nitrogens with zero attached hydrogens (tertiary/aromatic N) is 1. The number of nitrogens with one attached hydrogen (secondary N) is 1. The van der Waals surface area contributed by atoms with Gasteiger partial charge in [-0.2, -0.15) is 0 Å². The molecule has 0 saturated carbocycles. The number of hydrogen-bond acceptors (Lipinski definition) is 1. The molecule has 1 aromatic rings. The van der Waals surface area contributed by atoms with Gasteiger partial charge in [0.2, 0.25) is 0 Å². The largest absolute Gasteiger partial charge is 0.349 e. The number of aromatic nitrogens is 1. The summed E-state index contributed by atoms with van der Waals surface area (Å²) in [6, 6.07) is 1.97. The van der Waals surface area contributed by atoms with Crippen LogP contribution in [-0.2, 0) is 7.05 Å². The van der Waals surface area contributed by atoms with Gasteiger partial charge in [0, 0.05) is 23.8 Å². The molecule has 0 saturated heterocycles. The highest BCUT2D eigenvalue weighted by atomic mass is 79.9. The van der Waals surface area contributed by atoms with Gasteiger partial charge in [0.25, 0.3) is 5.91 Å². The third kappa shape index (κ3) is 2.59. The van der Waals surface area contributed by atoms with Crippen molar-refractivity contribution in [3.63, 3.8) is 0 Å². The quantitative estimate of drug-likeness (QED) is 0.848. The minimum atomic E-state index is -0.0387. The summed E-state index contributed by atoms with van der Waals surface area (Å²) < 4.78 is 2.71. The van der Waals surface area contributed by atoms with E-state index in [9.17, 15) is 4.79 Å². The summed E-state index contributed by atoms with van der Waals surface area (Å²) in [7, 11) is 1.85. The Morgan fingerprint density at radius 3 is 2.62 bits per heavy atom. The minimum Gasteiger partial charge on any atom is -0.349 e. The van der Waals surface area contributed by atoms with Crippen LogP contribution in [0.1, 0.15) is 24.3 Å². The fourth-order valence-corrected chi connectivity index (χ4v) is 1.61. The van der Waals surface area contributed by atoms with Crippen LogP contribution in [-0.4, -0.2) is 16.5 Å². The van der Waals surface area contributed by atoms with Gasteiger partial charge in [0.1, 0.15) is 5.69 Å². The molecule has 72 valence electrons. The second kappa shape index (κ2) is 3.96. The summed E-state index contributed by atoms with van der Waals surface area (Å²) in [5.74, 6) is -0.0387. The molecule has 1 N–H and O–H groups in total. The van der Waals surface area contributed by atoms with Crippen LogP contribution in [0.3, 0.4) is 0 Å². The van der Waals surface area contributed by atoms with Gasteiger partial charge in [-0.25, -0.2) is 0 Å². The number of rotatable bonds is 2. The van der Waals surface area contributed by atoms with Gasteiger partial charge in [-0.05, 0) is 35.8 Å². The molecule has 0 radical (unpaired) electrons. The van der Waals surface area contributed by atoms with E-state index in [-0.39, 0.29) is 11.9 Å². The third-order valence-corrected chi connectivity index (χ3v) is 2.06. The molecule has 1 rings (SSSR count). The molecule has 4 heteroatoms. The Hall–Kier alpha value is -0.770. The first kappa shape index (κ1) is 10.3. The first-order chi connectivity index (χ1) is 6.00. The topological polar surface area (TPSA) is 34.0 Å². The van der Waals surface area contributed by atoms with Crippen LogP contribution in [0.4, 0.5) is 0 Å². The molecule has 0 bridgehead atoms. The van der Waals surface area contributed by atoms with Gasteiger partial charge in [-0.3, -0.25) is 4.79 Å². The van der Waals surface area contributed by atoms with E-state index >= 15 is 0 Å². The summed E-state index contributed by atoms with van der Waals surface area (Å²) in [5, 5.41) is 2.83. The van der Waals surface area contributed by atoms with Crippen LogP contribution in [0.2, 0.25) is 0 Å².